The number of aromatic carboxylic acids is 1. The van der Waals surface area contributed by atoms with Crippen molar-refractivity contribution >= 4 is 11.7 Å². The van der Waals surface area contributed by atoms with Gasteiger partial charge in [-0.05, 0) is 18.2 Å². The molecule has 2 aromatic rings. The molecule has 2 rings (SSSR count). The summed E-state index contributed by atoms with van der Waals surface area (Å²) in [6.45, 7) is 0. The minimum Gasteiger partial charge on any atom is -0.477 e. The van der Waals surface area contributed by atoms with Gasteiger partial charge in [0.1, 0.15) is 5.82 Å². The van der Waals surface area contributed by atoms with Crippen LogP contribution in [0.15, 0.2) is 36.4 Å². The van der Waals surface area contributed by atoms with Gasteiger partial charge in [-0.15, -0.1) is 0 Å². The van der Waals surface area contributed by atoms with E-state index in [-0.39, 0.29) is 17.3 Å². The Hall–Kier alpha value is -3.03. The molecule has 1 aromatic heterocycles. The Morgan fingerprint density at radius 1 is 1.35 bits per heavy atom. The lowest BCUT2D eigenvalue weighted by Gasteiger charge is -2.05. The lowest BCUT2D eigenvalue weighted by Crippen LogP contribution is -2.01. The molecule has 102 valence electrons. The Labute approximate surface area is 111 Å². The first-order valence-electron chi connectivity index (χ1n) is 5.29. The zero-order valence-electron chi connectivity index (χ0n) is 9.82. The first-order chi connectivity index (χ1) is 9.47. The van der Waals surface area contributed by atoms with Crippen LogP contribution >= 0.6 is 0 Å². The molecule has 0 radical (unpaired) electrons. The summed E-state index contributed by atoms with van der Waals surface area (Å²) in [7, 11) is 0. The average Bonchev–Trinajstić information content (AvgIpc) is 2.41. The number of pyridine rings is 1. The van der Waals surface area contributed by atoms with Crippen molar-refractivity contribution in [2.75, 3.05) is 0 Å². The van der Waals surface area contributed by atoms with E-state index in [0.29, 0.717) is 6.07 Å². The molecule has 0 unspecified atom stereocenters. The molecule has 8 heteroatoms. The predicted molar refractivity (Wildman–Crippen MR) is 64.3 cm³/mol. The van der Waals surface area contributed by atoms with Crippen molar-refractivity contribution < 1.29 is 24.0 Å². The molecule has 0 bridgehead atoms. The predicted octanol–water partition coefficient (Wildman–Crippen LogP) is 2.62. The number of carboxylic acid groups (broad SMARTS) is 1. The summed E-state index contributed by atoms with van der Waals surface area (Å²) in [6.07, 6.45) is 0. The molecular weight excluding hydrogens is 271 g/mol. The number of nitro benzene ring substituents is 1. The molecule has 1 heterocycles. The number of halogens is 1. The lowest BCUT2D eigenvalue weighted by molar-refractivity contribution is -0.385. The van der Waals surface area contributed by atoms with Gasteiger partial charge in [-0.2, -0.15) is 0 Å². The van der Waals surface area contributed by atoms with Gasteiger partial charge in [-0.3, -0.25) is 10.1 Å². The van der Waals surface area contributed by atoms with Gasteiger partial charge in [-0.25, -0.2) is 14.2 Å². The maximum absolute atomic E-state index is 13.0. The number of hydrogen-bond acceptors (Lipinski definition) is 5. The van der Waals surface area contributed by atoms with E-state index in [1.165, 1.54) is 18.2 Å². The van der Waals surface area contributed by atoms with Gasteiger partial charge in [-0.1, -0.05) is 6.07 Å². The number of carboxylic acids is 1. The lowest BCUT2D eigenvalue weighted by atomic mass is 10.3. The van der Waals surface area contributed by atoms with Crippen molar-refractivity contribution in [3.8, 4) is 11.6 Å². The van der Waals surface area contributed by atoms with E-state index in [4.69, 9.17) is 9.84 Å². The summed E-state index contributed by atoms with van der Waals surface area (Å²) in [5.41, 5.74) is -0.847. The molecule has 1 aromatic carbocycles. The summed E-state index contributed by atoms with van der Waals surface area (Å²) in [5, 5.41) is 19.6. The summed E-state index contributed by atoms with van der Waals surface area (Å²) >= 11 is 0. The number of rotatable bonds is 4. The van der Waals surface area contributed by atoms with Crippen LogP contribution in [0.2, 0.25) is 0 Å². The second-order valence-corrected chi connectivity index (χ2v) is 3.64. The molecule has 0 spiro atoms. The standard InChI is InChI=1S/C12H7FN2O5/c13-7-4-5-10(9(6-7)15(18)19)20-11-3-1-2-8(14-11)12(16)17/h1-6H,(H,16,17). The fourth-order valence-electron chi connectivity index (χ4n) is 1.42. The maximum atomic E-state index is 13.0. The molecule has 0 atom stereocenters. The van der Waals surface area contributed by atoms with Crippen molar-refractivity contribution in [2.24, 2.45) is 0 Å². The van der Waals surface area contributed by atoms with Crippen molar-refractivity contribution in [3.63, 3.8) is 0 Å². The molecule has 20 heavy (non-hydrogen) atoms. The minimum atomic E-state index is -1.26. The third kappa shape index (κ3) is 2.86. The monoisotopic (exact) mass is 278 g/mol. The molecule has 7 nitrogen and oxygen atoms in total. The van der Waals surface area contributed by atoms with Gasteiger partial charge in [0, 0.05) is 6.07 Å². The van der Waals surface area contributed by atoms with E-state index in [1.54, 1.807) is 0 Å². The molecule has 0 aliphatic heterocycles. The van der Waals surface area contributed by atoms with Crippen LogP contribution in [0.4, 0.5) is 10.1 Å². The van der Waals surface area contributed by atoms with E-state index >= 15 is 0 Å². The SMILES string of the molecule is O=C(O)c1cccc(Oc2ccc(F)cc2[N+](=O)[O-])n1. The minimum absolute atomic E-state index is 0.139. The van der Waals surface area contributed by atoms with E-state index in [9.17, 15) is 19.3 Å². The van der Waals surface area contributed by atoms with Crippen LogP contribution in [0.3, 0.4) is 0 Å². The Kier molecular flexibility index (Phi) is 3.56. The molecule has 0 aliphatic rings. The number of hydrogen-bond donors (Lipinski definition) is 1. The third-order valence-corrected chi connectivity index (χ3v) is 2.27. The van der Waals surface area contributed by atoms with Gasteiger partial charge in [0.15, 0.2) is 5.69 Å². The fraction of sp³-hybridized carbons (Fsp3) is 0. The molecular formula is C12H7FN2O5. The highest BCUT2D eigenvalue weighted by molar-refractivity contribution is 5.85. The molecule has 0 saturated heterocycles. The van der Waals surface area contributed by atoms with Crippen molar-refractivity contribution in [2.45, 2.75) is 0 Å². The number of nitro groups is 1. The number of aromatic nitrogens is 1. The van der Waals surface area contributed by atoms with Crippen LogP contribution in [-0.4, -0.2) is 21.0 Å². The summed E-state index contributed by atoms with van der Waals surface area (Å²) in [5.74, 6) is -2.41. The Bertz CT molecular complexity index is 689. The maximum Gasteiger partial charge on any atom is 0.354 e. The zero-order chi connectivity index (χ0) is 14.7. The summed E-state index contributed by atoms with van der Waals surface area (Å²) < 4.78 is 18.1. The molecule has 0 aliphatic carbocycles. The van der Waals surface area contributed by atoms with Gasteiger partial charge in [0.2, 0.25) is 11.6 Å². The van der Waals surface area contributed by atoms with Crippen molar-refractivity contribution in [1.82, 2.24) is 4.98 Å². The largest absolute Gasteiger partial charge is 0.477 e. The van der Waals surface area contributed by atoms with Crippen LogP contribution in [0.25, 0.3) is 0 Å². The quantitative estimate of drug-likeness (QED) is 0.681. The normalized spacial score (nSPS) is 10.1. The van der Waals surface area contributed by atoms with E-state index in [2.05, 4.69) is 4.98 Å². The van der Waals surface area contributed by atoms with E-state index in [1.807, 2.05) is 0 Å². The fourth-order valence-corrected chi connectivity index (χ4v) is 1.42. The van der Waals surface area contributed by atoms with Gasteiger partial charge >= 0.3 is 11.7 Å². The number of ether oxygens (including phenoxy) is 1. The van der Waals surface area contributed by atoms with E-state index in [0.717, 1.165) is 12.1 Å². The molecule has 0 fully saturated rings. The van der Waals surface area contributed by atoms with Gasteiger partial charge in [0.25, 0.3) is 0 Å². The van der Waals surface area contributed by atoms with Gasteiger partial charge < -0.3 is 9.84 Å². The van der Waals surface area contributed by atoms with Crippen LogP contribution in [0.1, 0.15) is 10.5 Å². The van der Waals surface area contributed by atoms with Crippen molar-refractivity contribution in [3.05, 3.63) is 58.0 Å². The second kappa shape index (κ2) is 5.31. The Morgan fingerprint density at radius 2 is 2.10 bits per heavy atom. The first kappa shape index (κ1) is 13.4. The molecule has 0 amide bonds. The van der Waals surface area contributed by atoms with Crippen LogP contribution in [0, 0.1) is 15.9 Å². The molecule has 0 saturated carbocycles. The van der Waals surface area contributed by atoms with Crippen molar-refractivity contribution in [1.29, 1.82) is 0 Å². The van der Waals surface area contributed by atoms with Crippen LogP contribution in [0.5, 0.6) is 11.6 Å². The highest BCUT2D eigenvalue weighted by atomic mass is 19.1. The second-order valence-electron chi connectivity index (χ2n) is 3.64. The highest BCUT2D eigenvalue weighted by Crippen LogP contribution is 2.31. The van der Waals surface area contributed by atoms with Crippen LogP contribution < -0.4 is 4.74 Å². The number of nitrogens with zero attached hydrogens (tertiary/aromatic N) is 2. The highest BCUT2D eigenvalue weighted by Gasteiger charge is 2.18. The molecule has 1 N–H and O–H groups in total. The number of carbonyl (C=O) groups is 1. The average molecular weight is 278 g/mol. The van der Waals surface area contributed by atoms with Gasteiger partial charge in [0.05, 0.1) is 11.0 Å². The Balaban J connectivity index is 2.37. The topological polar surface area (TPSA) is 103 Å². The summed E-state index contributed by atoms with van der Waals surface area (Å²) in [4.78, 5) is 24.4. The van der Waals surface area contributed by atoms with Crippen LogP contribution in [-0.2, 0) is 0 Å². The number of benzene rings is 1. The first-order valence-corrected chi connectivity index (χ1v) is 5.29. The smallest absolute Gasteiger partial charge is 0.354 e. The van der Waals surface area contributed by atoms with E-state index < -0.39 is 22.4 Å². The summed E-state index contributed by atoms with van der Waals surface area (Å²) in [6, 6.07) is 6.72. The third-order valence-electron chi connectivity index (χ3n) is 2.27. The zero-order valence-corrected chi connectivity index (χ0v) is 9.82. The Morgan fingerprint density at radius 3 is 2.75 bits per heavy atom.